The third kappa shape index (κ3) is 3.85. The summed E-state index contributed by atoms with van der Waals surface area (Å²) in [5.41, 5.74) is -1.99. The van der Waals surface area contributed by atoms with E-state index >= 15 is 0 Å². The molecular formula is C15H16F2N2O5. The van der Waals surface area contributed by atoms with Gasteiger partial charge in [-0.05, 0) is 19.1 Å². The average molecular weight is 342 g/mol. The van der Waals surface area contributed by atoms with Crippen LogP contribution in [0.15, 0.2) is 18.2 Å². The van der Waals surface area contributed by atoms with E-state index in [9.17, 15) is 23.2 Å². The second-order valence-corrected chi connectivity index (χ2v) is 5.51. The molecule has 130 valence electrons. The Balaban J connectivity index is 2.09. The van der Waals surface area contributed by atoms with Crippen LogP contribution in [0, 0.1) is 11.6 Å². The molecule has 1 saturated heterocycles. The van der Waals surface area contributed by atoms with E-state index in [1.807, 2.05) is 0 Å². The molecule has 2 rings (SSSR count). The molecule has 1 aromatic rings. The van der Waals surface area contributed by atoms with Crippen molar-refractivity contribution in [3.8, 4) is 0 Å². The van der Waals surface area contributed by atoms with Crippen LogP contribution in [-0.4, -0.2) is 41.1 Å². The van der Waals surface area contributed by atoms with Crippen LogP contribution in [0.25, 0.3) is 0 Å². The fourth-order valence-corrected chi connectivity index (χ4v) is 2.28. The van der Waals surface area contributed by atoms with Gasteiger partial charge in [-0.2, -0.15) is 0 Å². The molecule has 0 aromatic heterocycles. The Hall–Kier alpha value is -2.55. The topological polar surface area (TPSA) is 105 Å². The monoisotopic (exact) mass is 342 g/mol. The molecule has 0 bridgehead atoms. The van der Waals surface area contributed by atoms with Crippen LogP contribution in [-0.2, 0) is 19.1 Å². The average Bonchev–Trinajstić information content (AvgIpc) is 2.33. The molecule has 1 heterocycles. The molecule has 2 unspecified atom stereocenters. The lowest BCUT2D eigenvalue weighted by atomic mass is 9.91. The number of aliphatic carboxylic acids is 1. The SMILES string of the molecule is CC(CC(=O)O)NC(=O)C1(C(=O)Nc2cc(F)cc(F)c2)CCO1. The van der Waals surface area contributed by atoms with Crippen molar-refractivity contribution in [2.45, 2.75) is 31.4 Å². The van der Waals surface area contributed by atoms with Gasteiger partial charge < -0.3 is 20.5 Å². The summed E-state index contributed by atoms with van der Waals surface area (Å²) in [5.74, 6) is -4.54. The van der Waals surface area contributed by atoms with Crippen molar-refractivity contribution in [3.05, 3.63) is 29.8 Å². The fourth-order valence-electron chi connectivity index (χ4n) is 2.28. The van der Waals surface area contributed by atoms with E-state index < -0.39 is 41.1 Å². The van der Waals surface area contributed by atoms with Gasteiger partial charge in [-0.15, -0.1) is 0 Å². The highest BCUT2D eigenvalue weighted by Crippen LogP contribution is 2.29. The molecular weight excluding hydrogens is 326 g/mol. The molecule has 2 atom stereocenters. The van der Waals surface area contributed by atoms with Crippen molar-refractivity contribution in [1.29, 1.82) is 0 Å². The van der Waals surface area contributed by atoms with Gasteiger partial charge in [0.05, 0.1) is 13.0 Å². The Bertz CT molecular complexity index is 656. The van der Waals surface area contributed by atoms with Crippen molar-refractivity contribution in [2.24, 2.45) is 0 Å². The fraction of sp³-hybridized carbons (Fsp3) is 0.400. The van der Waals surface area contributed by atoms with Crippen LogP contribution in [0.5, 0.6) is 0 Å². The van der Waals surface area contributed by atoms with E-state index in [-0.39, 0.29) is 25.1 Å². The molecule has 1 aliphatic heterocycles. The van der Waals surface area contributed by atoms with Gasteiger partial charge in [0.25, 0.3) is 11.8 Å². The maximum Gasteiger partial charge on any atom is 0.305 e. The summed E-state index contributed by atoms with van der Waals surface area (Å²) in [6, 6.07) is 1.73. The van der Waals surface area contributed by atoms with Crippen LogP contribution >= 0.6 is 0 Å². The van der Waals surface area contributed by atoms with E-state index in [1.165, 1.54) is 6.92 Å². The first-order chi connectivity index (χ1) is 11.2. The molecule has 7 nitrogen and oxygen atoms in total. The highest BCUT2D eigenvalue weighted by atomic mass is 19.1. The van der Waals surface area contributed by atoms with Gasteiger partial charge in [-0.1, -0.05) is 0 Å². The Kier molecular flexibility index (Phi) is 5.13. The Morgan fingerprint density at radius 2 is 1.83 bits per heavy atom. The van der Waals surface area contributed by atoms with Crippen molar-refractivity contribution in [1.82, 2.24) is 5.32 Å². The van der Waals surface area contributed by atoms with Crippen LogP contribution in [0.3, 0.4) is 0 Å². The third-order valence-corrected chi connectivity index (χ3v) is 3.51. The molecule has 0 saturated carbocycles. The molecule has 0 aliphatic carbocycles. The number of ether oxygens (including phenoxy) is 1. The number of carbonyl (C=O) groups is 3. The molecule has 9 heteroatoms. The summed E-state index contributed by atoms with van der Waals surface area (Å²) in [6.45, 7) is 1.63. The quantitative estimate of drug-likeness (QED) is 0.670. The number of hydrogen-bond donors (Lipinski definition) is 3. The molecule has 1 fully saturated rings. The first kappa shape index (κ1) is 17.8. The predicted octanol–water partition coefficient (Wildman–Crippen LogP) is 1.04. The predicted molar refractivity (Wildman–Crippen MR) is 78.1 cm³/mol. The van der Waals surface area contributed by atoms with Gasteiger partial charge >= 0.3 is 5.97 Å². The number of nitrogens with one attached hydrogen (secondary N) is 2. The molecule has 24 heavy (non-hydrogen) atoms. The van der Waals surface area contributed by atoms with E-state index in [1.54, 1.807) is 0 Å². The second-order valence-electron chi connectivity index (χ2n) is 5.51. The zero-order chi connectivity index (χ0) is 17.9. The van der Waals surface area contributed by atoms with Crippen LogP contribution in [0.1, 0.15) is 19.8 Å². The number of amides is 2. The number of rotatable bonds is 6. The van der Waals surface area contributed by atoms with Crippen molar-refractivity contribution in [3.63, 3.8) is 0 Å². The first-order valence-corrected chi connectivity index (χ1v) is 7.17. The highest BCUT2D eigenvalue weighted by molar-refractivity contribution is 6.14. The number of halogens is 2. The summed E-state index contributed by atoms with van der Waals surface area (Å²) in [4.78, 5) is 35.2. The van der Waals surface area contributed by atoms with Crippen LogP contribution in [0.4, 0.5) is 14.5 Å². The lowest BCUT2D eigenvalue weighted by Gasteiger charge is -2.39. The largest absolute Gasteiger partial charge is 0.481 e. The van der Waals surface area contributed by atoms with E-state index in [2.05, 4.69) is 10.6 Å². The molecule has 3 N–H and O–H groups in total. The number of benzene rings is 1. The van der Waals surface area contributed by atoms with Gasteiger partial charge in [0.2, 0.25) is 5.60 Å². The van der Waals surface area contributed by atoms with Crippen molar-refractivity contribution >= 4 is 23.5 Å². The number of carboxylic acids is 1. The van der Waals surface area contributed by atoms with Gasteiger partial charge in [0.1, 0.15) is 11.6 Å². The smallest absolute Gasteiger partial charge is 0.305 e. The zero-order valence-corrected chi connectivity index (χ0v) is 12.8. The normalized spacial score (nSPS) is 20.6. The second kappa shape index (κ2) is 6.91. The van der Waals surface area contributed by atoms with Crippen LogP contribution < -0.4 is 10.6 Å². The van der Waals surface area contributed by atoms with E-state index in [0.29, 0.717) is 6.07 Å². The van der Waals surface area contributed by atoms with Crippen LogP contribution in [0.2, 0.25) is 0 Å². The Morgan fingerprint density at radius 3 is 2.29 bits per heavy atom. The summed E-state index contributed by atoms with van der Waals surface area (Å²) in [7, 11) is 0. The Labute approximate surface area is 136 Å². The Morgan fingerprint density at radius 1 is 1.25 bits per heavy atom. The van der Waals surface area contributed by atoms with Gasteiger partial charge in [0, 0.05) is 24.2 Å². The minimum absolute atomic E-state index is 0.0717. The maximum absolute atomic E-state index is 13.2. The number of anilines is 1. The summed E-state index contributed by atoms with van der Waals surface area (Å²) >= 11 is 0. The lowest BCUT2D eigenvalue weighted by molar-refractivity contribution is -0.182. The molecule has 0 radical (unpaired) electrons. The zero-order valence-electron chi connectivity index (χ0n) is 12.8. The van der Waals surface area contributed by atoms with Crippen molar-refractivity contribution in [2.75, 3.05) is 11.9 Å². The lowest BCUT2D eigenvalue weighted by Crippen LogP contribution is -2.64. The maximum atomic E-state index is 13.2. The number of carbonyl (C=O) groups excluding carboxylic acids is 2. The van der Waals surface area contributed by atoms with E-state index in [0.717, 1.165) is 12.1 Å². The van der Waals surface area contributed by atoms with Gasteiger partial charge in [-0.25, -0.2) is 8.78 Å². The molecule has 0 spiro atoms. The van der Waals surface area contributed by atoms with Crippen molar-refractivity contribution < 1.29 is 33.0 Å². The summed E-state index contributed by atoms with van der Waals surface area (Å²) in [6.07, 6.45) is -0.249. The molecule has 1 aromatic carbocycles. The van der Waals surface area contributed by atoms with Gasteiger partial charge in [-0.3, -0.25) is 14.4 Å². The molecule has 1 aliphatic rings. The summed E-state index contributed by atoms with van der Waals surface area (Å²) < 4.78 is 31.5. The number of hydrogen-bond acceptors (Lipinski definition) is 4. The first-order valence-electron chi connectivity index (χ1n) is 7.17. The van der Waals surface area contributed by atoms with Gasteiger partial charge in [0.15, 0.2) is 0 Å². The highest BCUT2D eigenvalue weighted by Gasteiger charge is 2.53. The summed E-state index contributed by atoms with van der Waals surface area (Å²) in [5, 5.41) is 13.3. The van der Waals surface area contributed by atoms with E-state index in [4.69, 9.17) is 9.84 Å². The third-order valence-electron chi connectivity index (χ3n) is 3.51. The number of carboxylic acid groups (broad SMARTS) is 1. The molecule has 2 amide bonds. The minimum Gasteiger partial charge on any atom is -0.481 e. The standard InChI is InChI=1S/C15H16F2N2O5/c1-8(4-12(20)21)18-13(22)15(2-3-24-15)14(23)19-11-6-9(16)5-10(17)7-11/h5-8H,2-4H2,1H3,(H,18,22)(H,19,23)(H,20,21). The minimum atomic E-state index is -1.84.